The largest absolute Gasteiger partial charge is 0.399 e. The minimum Gasteiger partial charge on any atom is -0.399 e. The third kappa shape index (κ3) is 4.18. The number of nitro groups is 1. The van der Waals surface area contributed by atoms with Crippen LogP contribution in [0.1, 0.15) is 5.56 Å². The van der Waals surface area contributed by atoms with Gasteiger partial charge in [0.05, 0.1) is 10.7 Å². The van der Waals surface area contributed by atoms with E-state index in [-0.39, 0.29) is 11.4 Å². The van der Waals surface area contributed by atoms with Crippen molar-refractivity contribution in [2.24, 2.45) is 0 Å². The van der Waals surface area contributed by atoms with Crippen molar-refractivity contribution in [1.82, 2.24) is 0 Å². The number of non-ortho nitro benzene ring substituents is 1. The lowest BCUT2D eigenvalue weighted by Crippen LogP contribution is -2.15. The first-order valence-electron chi connectivity index (χ1n) is 5.95. The van der Waals surface area contributed by atoms with Gasteiger partial charge in [0.1, 0.15) is 0 Å². The van der Waals surface area contributed by atoms with Crippen LogP contribution >= 0.6 is 0 Å². The van der Waals surface area contributed by atoms with Gasteiger partial charge in [0.2, 0.25) is 10.0 Å². The zero-order chi connectivity index (χ0) is 15.5. The van der Waals surface area contributed by atoms with Crippen LogP contribution in [0.25, 0.3) is 0 Å². The van der Waals surface area contributed by atoms with Crippen molar-refractivity contribution >= 4 is 27.1 Å². The SMILES string of the molecule is Nc1ccc(NS(=O)(=O)Cc2ccc([N+](=O)[O-])cc2)cc1. The van der Waals surface area contributed by atoms with Crippen LogP contribution in [0.3, 0.4) is 0 Å². The molecular weight excluding hydrogens is 294 g/mol. The summed E-state index contributed by atoms with van der Waals surface area (Å²) < 4.78 is 26.4. The van der Waals surface area contributed by atoms with Gasteiger partial charge in [-0.05, 0) is 29.8 Å². The fraction of sp³-hybridized carbons (Fsp3) is 0.0769. The number of nitrogens with two attached hydrogens (primary N) is 1. The van der Waals surface area contributed by atoms with Gasteiger partial charge >= 0.3 is 0 Å². The molecule has 0 saturated carbocycles. The summed E-state index contributed by atoms with van der Waals surface area (Å²) in [5, 5.41) is 10.5. The summed E-state index contributed by atoms with van der Waals surface area (Å²) in [6.07, 6.45) is 0. The second-order valence-electron chi connectivity index (χ2n) is 4.41. The van der Waals surface area contributed by atoms with E-state index in [0.717, 1.165) is 0 Å². The first-order valence-corrected chi connectivity index (χ1v) is 7.60. The molecule has 0 fully saturated rings. The van der Waals surface area contributed by atoms with E-state index in [2.05, 4.69) is 4.72 Å². The van der Waals surface area contributed by atoms with Gasteiger partial charge in [-0.2, -0.15) is 0 Å². The Labute approximate surface area is 121 Å². The van der Waals surface area contributed by atoms with Gasteiger partial charge in [-0.1, -0.05) is 12.1 Å². The van der Waals surface area contributed by atoms with E-state index >= 15 is 0 Å². The molecule has 0 spiro atoms. The van der Waals surface area contributed by atoms with Gasteiger partial charge in [-0.3, -0.25) is 14.8 Å². The molecule has 0 bridgehead atoms. The van der Waals surface area contributed by atoms with Crippen LogP contribution in [0.2, 0.25) is 0 Å². The van der Waals surface area contributed by atoms with Gasteiger partial charge < -0.3 is 5.73 Å². The highest BCUT2D eigenvalue weighted by atomic mass is 32.2. The molecule has 0 atom stereocenters. The Morgan fingerprint density at radius 2 is 1.62 bits per heavy atom. The Balaban J connectivity index is 2.10. The van der Waals surface area contributed by atoms with Crippen molar-refractivity contribution in [1.29, 1.82) is 0 Å². The lowest BCUT2D eigenvalue weighted by Gasteiger charge is -2.08. The molecule has 0 amide bonds. The third-order valence-corrected chi connectivity index (χ3v) is 3.95. The maximum Gasteiger partial charge on any atom is 0.269 e. The van der Waals surface area contributed by atoms with Crippen molar-refractivity contribution in [3.63, 3.8) is 0 Å². The molecule has 2 aromatic rings. The molecular formula is C13H13N3O4S. The predicted octanol–water partition coefficient (Wildman–Crippen LogP) is 2.12. The number of hydrogen-bond acceptors (Lipinski definition) is 5. The van der Waals surface area contributed by atoms with Gasteiger partial charge in [0.15, 0.2) is 0 Å². The fourth-order valence-corrected chi connectivity index (χ4v) is 2.90. The lowest BCUT2D eigenvalue weighted by molar-refractivity contribution is -0.384. The average molecular weight is 307 g/mol. The molecule has 0 aliphatic rings. The summed E-state index contributed by atoms with van der Waals surface area (Å²) in [5.41, 5.74) is 6.84. The van der Waals surface area contributed by atoms with Gasteiger partial charge in [0, 0.05) is 23.5 Å². The molecule has 0 aromatic heterocycles. The second kappa shape index (κ2) is 5.80. The monoisotopic (exact) mass is 307 g/mol. The van der Waals surface area contributed by atoms with Crippen LogP contribution in [0.15, 0.2) is 48.5 Å². The van der Waals surface area contributed by atoms with Crippen LogP contribution in [0.4, 0.5) is 17.1 Å². The number of nitro benzene ring substituents is 1. The number of anilines is 2. The third-order valence-electron chi connectivity index (χ3n) is 2.69. The lowest BCUT2D eigenvalue weighted by atomic mass is 10.2. The van der Waals surface area contributed by atoms with E-state index in [0.29, 0.717) is 16.9 Å². The van der Waals surface area contributed by atoms with E-state index in [1.807, 2.05) is 0 Å². The van der Waals surface area contributed by atoms with Crippen molar-refractivity contribution in [3.8, 4) is 0 Å². The summed E-state index contributed by atoms with van der Waals surface area (Å²) in [6.45, 7) is 0. The molecule has 110 valence electrons. The number of nitrogens with one attached hydrogen (secondary N) is 1. The smallest absolute Gasteiger partial charge is 0.269 e. The van der Waals surface area contributed by atoms with Gasteiger partial charge in [-0.25, -0.2) is 8.42 Å². The molecule has 0 radical (unpaired) electrons. The summed E-state index contributed by atoms with van der Waals surface area (Å²) in [7, 11) is -3.59. The highest BCUT2D eigenvalue weighted by Crippen LogP contribution is 2.17. The van der Waals surface area contributed by atoms with Crippen molar-refractivity contribution in [3.05, 3.63) is 64.2 Å². The summed E-state index contributed by atoms with van der Waals surface area (Å²) in [5.74, 6) is -0.268. The van der Waals surface area contributed by atoms with E-state index in [9.17, 15) is 18.5 Å². The molecule has 0 saturated heterocycles. The Morgan fingerprint density at radius 3 is 2.14 bits per heavy atom. The van der Waals surface area contributed by atoms with E-state index < -0.39 is 14.9 Å². The molecule has 7 nitrogen and oxygen atoms in total. The van der Waals surface area contributed by atoms with Gasteiger partial charge in [-0.15, -0.1) is 0 Å². The van der Waals surface area contributed by atoms with Crippen molar-refractivity contribution in [2.45, 2.75) is 5.75 Å². The second-order valence-corrected chi connectivity index (χ2v) is 6.13. The van der Waals surface area contributed by atoms with Crippen molar-refractivity contribution in [2.75, 3.05) is 10.5 Å². The number of nitrogen functional groups attached to an aromatic ring is 1. The van der Waals surface area contributed by atoms with Crippen LogP contribution in [-0.4, -0.2) is 13.3 Å². The molecule has 2 aromatic carbocycles. The summed E-state index contributed by atoms with van der Waals surface area (Å²) in [6, 6.07) is 11.7. The maximum absolute atomic E-state index is 12.0. The molecule has 2 rings (SSSR count). The Kier molecular flexibility index (Phi) is 4.08. The first kappa shape index (κ1) is 14.8. The topological polar surface area (TPSA) is 115 Å². The van der Waals surface area contributed by atoms with Crippen LogP contribution < -0.4 is 10.5 Å². The number of sulfonamides is 1. The first-order chi connectivity index (χ1) is 9.85. The van der Waals surface area contributed by atoms with Crippen LogP contribution in [-0.2, 0) is 15.8 Å². The Bertz CT molecular complexity index is 740. The quantitative estimate of drug-likeness (QED) is 0.498. The van der Waals surface area contributed by atoms with E-state index in [1.54, 1.807) is 24.3 Å². The maximum atomic E-state index is 12.0. The summed E-state index contributed by atoms with van der Waals surface area (Å²) >= 11 is 0. The normalized spacial score (nSPS) is 11.0. The number of nitrogens with zero attached hydrogens (tertiary/aromatic N) is 1. The number of hydrogen-bond donors (Lipinski definition) is 2. The fourth-order valence-electron chi connectivity index (χ4n) is 1.70. The zero-order valence-electron chi connectivity index (χ0n) is 10.9. The highest BCUT2D eigenvalue weighted by Gasteiger charge is 2.13. The molecule has 8 heteroatoms. The number of benzene rings is 2. The predicted molar refractivity (Wildman–Crippen MR) is 80.2 cm³/mol. The van der Waals surface area contributed by atoms with Crippen LogP contribution in [0, 0.1) is 10.1 Å². The molecule has 0 aliphatic carbocycles. The summed E-state index contributed by atoms with van der Waals surface area (Å²) in [4.78, 5) is 9.99. The molecule has 0 heterocycles. The Hall–Kier alpha value is -2.61. The highest BCUT2D eigenvalue weighted by molar-refractivity contribution is 7.91. The van der Waals surface area contributed by atoms with Gasteiger partial charge in [0.25, 0.3) is 5.69 Å². The van der Waals surface area contributed by atoms with Crippen LogP contribution in [0.5, 0.6) is 0 Å². The number of rotatable bonds is 5. The average Bonchev–Trinajstić information content (AvgIpc) is 2.41. The standard InChI is InChI=1S/C13H13N3O4S/c14-11-3-5-12(6-4-11)15-21(19,20)9-10-1-7-13(8-2-10)16(17)18/h1-8,15H,9,14H2. The molecule has 3 N–H and O–H groups in total. The van der Waals surface area contributed by atoms with Crippen molar-refractivity contribution < 1.29 is 13.3 Å². The Morgan fingerprint density at radius 1 is 1.05 bits per heavy atom. The molecule has 21 heavy (non-hydrogen) atoms. The molecule has 0 unspecified atom stereocenters. The zero-order valence-corrected chi connectivity index (χ0v) is 11.7. The van der Waals surface area contributed by atoms with E-state index in [1.165, 1.54) is 24.3 Å². The molecule has 0 aliphatic heterocycles. The minimum atomic E-state index is -3.59. The minimum absolute atomic E-state index is 0.0809. The van der Waals surface area contributed by atoms with E-state index in [4.69, 9.17) is 5.73 Å².